The first-order valence-electron chi connectivity index (χ1n) is 4.99. The van der Waals surface area contributed by atoms with Crippen LogP contribution in [0.2, 0.25) is 0 Å². The van der Waals surface area contributed by atoms with Crippen molar-refractivity contribution in [1.82, 2.24) is 4.98 Å². The van der Waals surface area contributed by atoms with E-state index >= 15 is 0 Å². The molecule has 3 N–H and O–H groups in total. The third-order valence-corrected chi connectivity index (χ3v) is 2.49. The number of hydrogen-bond acceptors (Lipinski definition) is 4. The third kappa shape index (κ3) is 3.75. The van der Waals surface area contributed by atoms with Crippen molar-refractivity contribution in [3.05, 3.63) is 24.0 Å². The van der Waals surface area contributed by atoms with Gasteiger partial charge in [-0.05, 0) is 26.0 Å². The highest BCUT2D eigenvalue weighted by Crippen LogP contribution is 2.12. The van der Waals surface area contributed by atoms with Crippen LogP contribution in [0.25, 0.3) is 0 Å². The summed E-state index contributed by atoms with van der Waals surface area (Å²) in [4.78, 5) is 4.37. The van der Waals surface area contributed by atoms with Crippen LogP contribution in [0.1, 0.15) is 19.5 Å². The van der Waals surface area contributed by atoms with Gasteiger partial charge in [0, 0.05) is 25.5 Å². The minimum atomic E-state index is -0.216. The fraction of sp³-hybridized carbons (Fsp3) is 0.455. The number of methoxy groups -OCH3 is 1. The first-order chi connectivity index (χ1) is 7.44. The van der Waals surface area contributed by atoms with E-state index in [1.807, 2.05) is 26.0 Å². The lowest BCUT2D eigenvalue weighted by Gasteiger charge is -2.23. The molecule has 0 spiro atoms. The van der Waals surface area contributed by atoms with Gasteiger partial charge < -0.3 is 15.8 Å². The van der Waals surface area contributed by atoms with Gasteiger partial charge in [-0.25, -0.2) is 0 Å². The Hall–Kier alpha value is -1.20. The summed E-state index contributed by atoms with van der Waals surface area (Å²) in [5.41, 5.74) is 6.85. The number of hydrogen-bond donors (Lipinski definition) is 2. The Labute approximate surface area is 101 Å². The maximum absolute atomic E-state index is 5.51. The zero-order chi connectivity index (χ0) is 12.2. The van der Waals surface area contributed by atoms with Gasteiger partial charge in [0.2, 0.25) is 0 Å². The Morgan fingerprint density at radius 3 is 2.88 bits per heavy atom. The van der Waals surface area contributed by atoms with Crippen LogP contribution in [0.4, 0.5) is 5.69 Å². The minimum Gasteiger partial charge on any atom is -0.388 e. The second-order valence-electron chi connectivity index (χ2n) is 4.11. The molecule has 0 aliphatic rings. The molecule has 0 fully saturated rings. The van der Waals surface area contributed by atoms with Crippen LogP contribution in [0.15, 0.2) is 18.3 Å². The Kier molecular flexibility index (Phi) is 4.20. The summed E-state index contributed by atoms with van der Waals surface area (Å²) in [7, 11) is 1.69. The van der Waals surface area contributed by atoms with Gasteiger partial charge in [-0.2, -0.15) is 0 Å². The van der Waals surface area contributed by atoms with Crippen molar-refractivity contribution in [2.24, 2.45) is 5.73 Å². The van der Waals surface area contributed by atoms with Crippen LogP contribution in [0, 0.1) is 0 Å². The number of pyridine rings is 1. The normalized spacial score (nSPS) is 11.2. The highest BCUT2D eigenvalue weighted by atomic mass is 32.1. The maximum atomic E-state index is 5.51. The molecule has 16 heavy (non-hydrogen) atoms. The van der Waals surface area contributed by atoms with E-state index in [0.717, 1.165) is 5.69 Å². The quantitative estimate of drug-likeness (QED) is 0.763. The van der Waals surface area contributed by atoms with Crippen molar-refractivity contribution in [3.8, 4) is 0 Å². The van der Waals surface area contributed by atoms with Crippen molar-refractivity contribution in [2.45, 2.75) is 19.4 Å². The molecule has 0 radical (unpaired) electrons. The molecule has 0 aliphatic heterocycles. The lowest BCUT2D eigenvalue weighted by molar-refractivity contribution is 0.0344. The molecule has 1 aromatic heterocycles. The van der Waals surface area contributed by atoms with Gasteiger partial charge in [-0.3, -0.25) is 4.98 Å². The van der Waals surface area contributed by atoms with Gasteiger partial charge in [-0.1, -0.05) is 12.2 Å². The molecule has 0 saturated heterocycles. The average molecular weight is 239 g/mol. The van der Waals surface area contributed by atoms with Crippen molar-refractivity contribution in [3.63, 3.8) is 0 Å². The molecule has 0 aliphatic carbocycles. The van der Waals surface area contributed by atoms with E-state index < -0.39 is 0 Å². The van der Waals surface area contributed by atoms with Gasteiger partial charge in [0.1, 0.15) is 4.99 Å². The van der Waals surface area contributed by atoms with Gasteiger partial charge in [0.25, 0.3) is 0 Å². The van der Waals surface area contributed by atoms with Crippen molar-refractivity contribution in [1.29, 1.82) is 0 Å². The smallest absolute Gasteiger partial charge is 0.122 e. The second kappa shape index (κ2) is 5.23. The number of anilines is 1. The molecule has 1 heterocycles. The zero-order valence-electron chi connectivity index (χ0n) is 9.78. The number of nitrogens with two attached hydrogens (primary N) is 1. The largest absolute Gasteiger partial charge is 0.388 e. The molecule has 1 rings (SSSR count). The molecule has 88 valence electrons. The molecule has 0 saturated carbocycles. The van der Waals surface area contributed by atoms with Crippen LogP contribution < -0.4 is 11.1 Å². The standard InChI is InChI=1S/C11H17N3OS/c1-11(2,15-3)7-14-8-4-5-13-9(6-8)10(12)16/h4-6H,7H2,1-3H3,(H2,12,16)(H,13,14). The number of nitrogens with one attached hydrogen (secondary N) is 1. The number of thiocarbonyl (C=S) groups is 1. The predicted octanol–water partition coefficient (Wildman–Crippen LogP) is 1.55. The Morgan fingerprint density at radius 1 is 1.62 bits per heavy atom. The molecule has 1 aromatic rings. The van der Waals surface area contributed by atoms with Gasteiger partial charge >= 0.3 is 0 Å². The summed E-state index contributed by atoms with van der Waals surface area (Å²) < 4.78 is 5.31. The van der Waals surface area contributed by atoms with Gasteiger partial charge in [0.15, 0.2) is 0 Å². The fourth-order valence-corrected chi connectivity index (χ4v) is 1.17. The average Bonchev–Trinajstić information content (AvgIpc) is 2.27. The van der Waals surface area contributed by atoms with E-state index in [1.165, 1.54) is 0 Å². The van der Waals surface area contributed by atoms with Crippen LogP contribution in [-0.4, -0.2) is 29.2 Å². The molecule has 0 atom stereocenters. The van der Waals surface area contributed by atoms with E-state index in [9.17, 15) is 0 Å². The lowest BCUT2D eigenvalue weighted by atomic mass is 10.1. The summed E-state index contributed by atoms with van der Waals surface area (Å²) in [6.45, 7) is 4.72. The predicted molar refractivity (Wildman–Crippen MR) is 69.7 cm³/mol. The van der Waals surface area contributed by atoms with Gasteiger partial charge in [-0.15, -0.1) is 0 Å². The van der Waals surface area contributed by atoms with E-state index in [0.29, 0.717) is 17.2 Å². The molecule has 0 aromatic carbocycles. The maximum Gasteiger partial charge on any atom is 0.122 e. The number of ether oxygens (including phenoxy) is 1. The fourth-order valence-electron chi connectivity index (χ4n) is 1.06. The van der Waals surface area contributed by atoms with Crippen molar-refractivity contribution in [2.75, 3.05) is 19.0 Å². The molecule has 4 nitrogen and oxygen atoms in total. The summed E-state index contributed by atoms with van der Waals surface area (Å²) in [6.07, 6.45) is 1.68. The highest BCUT2D eigenvalue weighted by molar-refractivity contribution is 7.80. The minimum absolute atomic E-state index is 0.216. The Balaban J connectivity index is 2.68. The SMILES string of the molecule is COC(C)(C)CNc1ccnc(C(N)=S)c1. The van der Waals surface area contributed by atoms with Crippen molar-refractivity contribution >= 4 is 22.9 Å². The molecule has 5 heteroatoms. The zero-order valence-corrected chi connectivity index (χ0v) is 10.6. The number of aromatic nitrogens is 1. The topological polar surface area (TPSA) is 60.2 Å². The number of rotatable bonds is 5. The summed E-state index contributed by atoms with van der Waals surface area (Å²) in [6, 6.07) is 3.70. The third-order valence-electron chi connectivity index (χ3n) is 2.28. The van der Waals surface area contributed by atoms with Crippen LogP contribution in [0.3, 0.4) is 0 Å². The number of nitrogens with zero attached hydrogens (tertiary/aromatic N) is 1. The van der Waals surface area contributed by atoms with E-state index in [4.69, 9.17) is 22.7 Å². The van der Waals surface area contributed by atoms with E-state index in [1.54, 1.807) is 13.3 Å². The molecule has 0 amide bonds. The lowest BCUT2D eigenvalue weighted by Crippen LogP contribution is -2.32. The molecular formula is C11H17N3OS. The van der Waals surface area contributed by atoms with Crippen molar-refractivity contribution < 1.29 is 4.74 Å². The first-order valence-corrected chi connectivity index (χ1v) is 5.40. The summed E-state index contributed by atoms with van der Waals surface area (Å²) >= 11 is 4.86. The van der Waals surface area contributed by atoms with Gasteiger partial charge in [0.05, 0.1) is 11.3 Å². The van der Waals surface area contributed by atoms with Crippen LogP contribution >= 0.6 is 12.2 Å². The molecule has 0 bridgehead atoms. The van der Waals surface area contributed by atoms with E-state index in [2.05, 4.69) is 10.3 Å². The molecule has 0 unspecified atom stereocenters. The Morgan fingerprint density at radius 2 is 2.31 bits per heavy atom. The Bertz CT molecular complexity index is 379. The van der Waals surface area contributed by atoms with E-state index in [-0.39, 0.29) is 5.60 Å². The van der Waals surface area contributed by atoms with Crippen LogP contribution in [-0.2, 0) is 4.74 Å². The summed E-state index contributed by atoms with van der Waals surface area (Å²) in [5.74, 6) is 0. The molecular weight excluding hydrogens is 222 g/mol. The second-order valence-corrected chi connectivity index (χ2v) is 4.55. The van der Waals surface area contributed by atoms with Crippen LogP contribution in [0.5, 0.6) is 0 Å². The summed E-state index contributed by atoms with van der Waals surface area (Å²) in [5, 5.41) is 3.25. The first kappa shape index (κ1) is 12.9. The highest BCUT2D eigenvalue weighted by Gasteiger charge is 2.15. The monoisotopic (exact) mass is 239 g/mol.